The molecular weight excluding hydrogens is 448 g/mol. The number of methoxy groups -OCH3 is 1. The molecule has 0 saturated carbocycles. The highest BCUT2D eigenvalue weighted by atomic mass is 32.2. The standard InChI is InChI=1S/C12H15N3O6.C6H7NO3S/c1-21-9-6(10(16)17)3-2-4-8(9)15-12(20)14-5-7(13)11(18)19;7-5-2-1-3-6(4-5)11(8,9)10/h2-4,7H,5,13H2,1H3,(H,16,17)(H,18,19)(H2,14,15,20);1-4H,7H2,(H,8,9,10)/t7-;/m0./s1. The lowest BCUT2D eigenvalue weighted by molar-refractivity contribution is -0.138. The fourth-order valence-electron chi connectivity index (χ4n) is 2.16. The van der Waals surface area contributed by atoms with Gasteiger partial charge in [-0.05, 0) is 30.3 Å². The lowest BCUT2D eigenvalue weighted by atomic mass is 10.1. The molecule has 2 aromatic carbocycles. The summed E-state index contributed by atoms with van der Waals surface area (Å²) in [4.78, 5) is 33.0. The molecular formula is C18H22N4O9S. The highest BCUT2D eigenvalue weighted by molar-refractivity contribution is 7.85. The predicted molar refractivity (Wildman–Crippen MR) is 113 cm³/mol. The number of carboxylic acid groups (broad SMARTS) is 2. The second-order valence-corrected chi connectivity index (χ2v) is 7.44. The third-order valence-electron chi connectivity index (χ3n) is 3.65. The molecule has 0 heterocycles. The van der Waals surface area contributed by atoms with Crippen LogP contribution in [0.15, 0.2) is 47.4 Å². The molecule has 0 unspecified atom stereocenters. The van der Waals surface area contributed by atoms with E-state index in [1.807, 2.05) is 0 Å². The zero-order valence-corrected chi connectivity index (χ0v) is 17.5. The number of hydrogen-bond acceptors (Lipinski definition) is 8. The van der Waals surface area contributed by atoms with E-state index in [-0.39, 0.29) is 28.4 Å². The molecule has 0 bridgehead atoms. The highest BCUT2D eigenvalue weighted by Crippen LogP contribution is 2.28. The second-order valence-electron chi connectivity index (χ2n) is 6.02. The van der Waals surface area contributed by atoms with Gasteiger partial charge in [-0.1, -0.05) is 12.1 Å². The number of nitrogens with two attached hydrogens (primary N) is 2. The zero-order chi connectivity index (χ0) is 24.5. The van der Waals surface area contributed by atoms with E-state index in [4.69, 9.17) is 31.0 Å². The van der Waals surface area contributed by atoms with Crippen LogP contribution >= 0.6 is 0 Å². The SMILES string of the molecule is COc1c(NC(=O)NC[C@H](N)C(=O)O)cccc1C(=O)O.Nc1cccc(S(=O)(=O)O)c1. The molecule has 2 aromatic rings. The Morgan fingerprint density at radius 3 is 2.22 bits per heavy atom. The number of hydrogen-bond donors (Lipinski definition) is 7. The van der Waals surface area contributed by atoms with Crippen molar-refractivity contribution < 1.29 is 42.3 Å². The summed E-state index contributed by atoms with van der Waals surface area (Å²) in [5.41, 5.74) is 10.8. The smallest absolute Gasteiger partial charge is 0.339 e. The summed E-state index contributed by atoms with van der Waals surface area (Å²) < 4.78 is 34.5. The van der Waals surface area contributed by atoms with Crippen molar-refractivity contribution in [2.24, 2.45) is 5.73 Å². The van der Waals surface area contributed by atoms with Crippen molar-refractivity contribution in [1.29, 1.82) is 0 Å². The van der Waals surface area contributed by atoms with Crippen LogP contribution in [0.1, 0.15) is 10.4 Å². The van der Waals surface area contributed by atoms with Crippen LogP contribution in [0, 0.1) is 0 Å². The monoisotopic (exact) mass is 470 g/mol. The van der Waals surface area contributed by atoms with Gasteiger partial charge in [0.15, 0.2) is 5.75 Å². The number of para-hydroxylation sites is 1. The first-order valence-corrected chi connectivity index (χ1v) is 10.1. The molecule has 0 radical (unpaired) electrons. The van der Waals surface area contributed by atoms with E-state index in [1.54, 1.807) is 0 Å². The van der Waals surface area contributed by atoms with Gasteiger partial charge in [0.05, 0.1) is 17.7 Å². The normalized spacial score (nSPS) is 11.3. The minimum absolute atomic E-state index is 0.0114. The van der Waals surface area contributed by atoms with Gasteiger partial charge in [0.25, 0.3) is 10.1 Å². The van der Waals surface area contributed by atoms with E-state index in [2.05, 4.69) is 10.6 Å². The number of aromatic carboxylic acids is 1. The molecule has 2 rings (SSSR count). The quantitative estimate of drug-likeness (QED) is 0.217. The molecule has 9 N–H and O–H groups in total. The van der Waals surface area contributed by atoms with Crippen molar-refractivity contribution in [3.63, 3.8) is 0 Å². The van der Waals surface area contributed by atoms with Crippen LogP contribution in [0.4, 0.5) is 16.2 Å². The molecule has 1 atom stereocenters. The number of nitrogens with one attached hydrogen (secondary N) is 2. The van der Waals surface area contributed by atoms with Crippen molar-refractivity contribution in [3.05, 3.63) is 48.0 Å². The Bertz CT molecular complexity index is 1090. The molecule has 0 aliphatic carbocycles. The van der Waals surface area contributed by atoms with Crippen molar-refractivity contribution in [2.75, 3.05) is 24.7 Å². The minimum atomic E-state index is -4.11. The first-order valence-electron chi connectivity index (χ1n) is 8.63. The number of nitrogen functional groups attached to an aromatic ring is 1. The molecule has 174 valence electrons. The van der Waals surface area contributed by atoms with Gasteiger partial charge in [-0.2, -0.15) is 8.42 Å². The maximum Gasteiger partial charge on any atom is 0.339 e. The van der Waals surface area contributed by atoms with Crippen molar-refractivity contribution in [2.45, 2.75) is 10.9 Å². The number of rotatable bonds is 7. The fourth-order valence-corrected chi connectivity index (χ4v) is 2.69. The summed E-state index contributed by atoms with van der Waals surface area (Å²) in [7, 11) is -2.84. The van der Waals surface area contributed by atoms with Gasteiger partial charge in [-0.15, -0.1) is 0 Å². The maximum absolute atomic E-state index is 11.6. The number of amides is 2. The van der Waals surface area contributed by atoms with E-state index >= 15 is 0 Å². The zero-order valence-electron chi connectivity index (χ0n) is 16.7. The van der Waals surface area contributed by atoms with Crippen LogP contribution in [0.3, 0.4) is 0 Å². The first-order chi connectivity index (χ1) is 14.9. The van der Waals surface area contributed by atoms with E-state index in [0.29, 0.717) is 5.69 Å². The summed E-state index contributed by atoms with van der Waals surface area (Å²) in [5, 5.41) is 22.2. The number of anilines is 2. The average Bonchev–Trinajstić information content (AvgIpc) is 2.71. The Morgan fingerprint density at radius 1 is 1.12 bits per heavy atom. The lowest BCUT2D eigenvalue weighted by Crippen LogP contribution is -2.43. The number of carboxylic acids is 2. The van der Waals surface area contributed by atoms with E-state index in [0.717, 1.165) is 0 Å². The number of carbonyl (C=O) groups is 3. The molecule has 0 spiro atoms. The first kappa shape index (κ1) is 26.2. The van der Waals surface area contributed by atoms with Crippen LogP contribution in [0.2, 0.25) is 0 Å². The minimum Gasteiger partial charge on any atom is -0.494 e. The Hall–Kier alpha value is -3.88. The average molecular weight is 470 g/mol. The van der Waals surface area contributed by atoms with Gasteiger partial charge < -0.3 is 37.1 Å². The van der Waals surface area contributed by atoms with Gasteiger partial charge >= 0.3 is 18.0 Å². The number of carbonyl (C=O) groups excluding carboxylic acids is 1. The summed E-state index contributed by atoms with van der Waals surface area (Å²) >= 11 is 0. The van der Waals surface area contributed by atoms with Gasteiger partial charge in [0.2, 0.25) is 0 Å². The molecule has 2 amide bonds. The van der Waals surface area contributed by atoms with Gasteiger partial charge in [-0.25, -0.2) is 9.59 Å². The van der Waals surface area contributed by atoms with Gasteiger partial charge in [-0.3, -0.25) is 9.35 Å². The number of ether oxygens (including phenoxy) is 1. The third kappa shape index (κ3) is 8.10. The molecule has 0 saturated heterocycles. The van der Waals surface area contributed by atoms with Crippen molar-refractivity contribution in [3.8, 4) is 5.75 Å². The molecule has 32 heavy (non-hydrogen) atoms. The summed E-state index contributed by atoms with van der Waals surface area (Å²) in [6.45, 7) is -0.276. The summed E-state index contributed by atoms with van der Waals surface area (Å²) in [6.07, 6.45) is 0. The van der Waals surface area contributed by atoms with E-state index in [1.165, 1.54) is 49.6 Å². The molecule has 0 aliphatic heterocycles. The molecule has 13 nitrogen and oxygen atoms in total. The lowest BCUT2D eigenvalue weighted by Gasteiger charge is -2.13. The van der Waals surface area contributed by atoms with Gasteiger partial charge in [0, 0.05) is 12.2 Å². The molecule has 0 aromatic heterocycles. The van der Waals surface area contributed by atoms with Crippen LogP contribution in [0.5, 0.6) is 5.75 Å². The van der Waals surface area contributed by atoms with Crippen LogP contribution < -0.4 is 26.8 Å². The topological polar surface area (TPSA) is 231 Å². The molecule has 0 fully saturated rings. The van der Waals surface area contributed by atoms with Crippen LogP contribution in [-0.2, 0) is 14.9 Å². The highest BCUT2D eigenvalue weighted by Gasteiger charge is 2.17. The molecule has 0 aliphatic rings. The summed E-state index contributed by atoms with van der Waals surface area (Å²) in [6, 6.07) is 7.70. The van der Waals surface area contributed by atoms with Crippen molar-refractivity contribution in [1.82, 2.24) is 5.32 Å². The Labute approximate surface area is 182 Å². The number of urea groups is 1. The third-order valence-corrected chi connectivity index (χ3v) is 4.50. The van der Waals surface area contributed by atoms with Crippen molar-refractivity contribution >= 4 is 39.5 Å². The Morgan fingerprint density at radius 2 is 1.75 bits per heavy atom. The van der Waals surface area contributed by atoms with E-state index in [9.17, 15) is 22.8 Å². The maximum atomic E-state index is 11.6. The summed E-state index contributed by atoms with van der Waals surface area (Å²) in [5.74, 6) is -2.47. The number of benzene rings is 2. The molecule has 14 heteroatoms. The van der Waals surface area contributed by atoms with Crippen LogP contribution in [0.25, 0.3) is 0 Å². The largest absolute Gasteiger partial charge is 0.494 e. The Balaban J connectivity index is 0.000000389. The predicted octanol–water partition coefficient (Wildman–Crippen LogP) is 0.442. The van der Waals surface area contributed by atoms with Crippen LogP contribution in [-0.4, -0.2) is 60.8 Å². The number of aliphatic carboxylic acids is 1. The van der Waals surface area contributed by atoms with Gasteiger partial charge in [0.1, 0.15) is 11.6 Å². The Kier molecular flexibility index (Phi) is 9.40. The second kappa shape index (κ2) is 11.5. The fraction of sp³-hybridized carbons (Fsp3) is 0.167. The van der Waals surface area contributed by atoms with E-state index < -0.39 is 34.1 Å².